The summed E-state index contributed by atoms with van der Waals surface area (Å²) in [6, 6.07) is 6.23. The van der Waals surface area contributed by atoms with E-state index in [0.29, 0.717) is 12.1 Å². The number of aromatic carboxylic acids is 1. The molecular weight excluding hydrogens is 262 g/mol. The number of carbonyl (C=O) groups is 1. The van der Waals surface area contributed by atoms with Crippen LogP contribution in [0.15, 0.2) is 28.9 Å². The molecule has 2 heterocycles. The summed E-state index contributed by atoms with van der Waals surface area (Å²) >= 11 is 1.79. The summed E-state index contributed by atoms with van der Waals surface area (Å²) in [4.78, 5) is 13.5. The predicted octanol–water partition coefficient (Wildman–Crippen LogP) is 3.07. The maximum Gasteiger partial charge on any atom is 0.372 e. The molecular formula is C14H17NO3S. The van der Waals surface area contributed by atoms with Crippen LogP contribution < -0.4 is 5.32 Å². The van der Waals surface area contributed by atoms with Gasteiger partial charge < -0.3 is 14.8 Å². The third kappa shape index (κ3) is 3.68. The van der Waals surface area contributed by atoms with Gasteiger partial charge in [-0.25, -0.2) is 4.79 Å². The SMILES string of the molecule is Cc1ccc(CC(C)NCc2ccoc2C(=O)O)s1. The van der Waals surface area contributed by atoms with Gasteiger partial charge in [0.2, 0.25) is 5.76 Å². The molecule has 0 spiro atoms. The first-order valence-electron chi connectivity index (χ1n) is 6.14. The minimum absolute atomic E-state index is 0.0201. The van der Waals surface area contributed by atoms with E-state index in [1.54, 1.807) is 17.4 Å². The summed E-state index contributed by atoms with van der Waals surface area (Å²) in [6.45, 7) is 4.69. The minimum Gasteiger partial charge on any atom is -0.475 e. The lowest BCUT2D eigenvalue weighted by Gasteiger charge is -2.12. The molecule has 0 aliphatic heterocycles. The van der Waals surface area contributed by atoms with E-state index in [9.17, 15) is 4.79 Å². The van der Waals surface area contributed by atoms with Crippen LogP contribution in [0.3, 0.4) is 0 Å². The fourth-order valence-electron chi connectivity index (χ4n) is 1.92. The van der Waals surface area contributed by atoms with Gasteiger partial charge in [0, 0.05) is 27.9 Å². The number of carboxylic acid groups (broad SMARTS) is 1. The molecule has 0 aliphatic carbocycles. The molecule has 102 valence electrons. The molecule has 1 unspecified atom stereocenters. The Bertz CT molecular complexity index is 559. The summed E-state index contributed by atoms with van der Waals surface area (Å²) in [6.07, 6.45) is 2.35. The first-order valence-corrected chi connectivity index (χ1v) is 6.96. The number of hydrogen-bond donors (Lipinski definition) is 2. The maximum atomic E-state index is 10.9. The van der Waals surface area contributed by atoms with Crippen LogP contribution in [0.4, 0.5) is 0 Å². The number of nitrogens with one attached hydrogen (secondary N) is 1. The van der Waals surface area contributed by atoms with Crippen LogP contribution in [0.2, 0.25) is 0 Å². The van der Waals surface area contributed by atoms with E-state index in [-0.39, 0.29) is 11.8 Å². The number of aryl methyl sites for hydroxylation is 1. The Labute approximate surface area is 116 Å². The molecule has 2 aromatic rings. The van der Waals surface area contributed by atoms with Gasteiger partial charge in [0.15, 0.2) is 0 Å². The Balaban J connectivity index is 1.88. The monoisotopic (exact) mass is 279 g/mol. The number of rotatable bonds is 6. The van der Waals surface area contributed by atoms with E-state index < -0.39 is 5.97 Å². The Morgan fingerprint density at radius 2 is 2.26 bits per heavy atom. The summed E-state index contributed by atoms with van der Waals surface area (Å²) in [7, 11) is 0. The van der Waals surface area contributed by atoms with Gasteiger partial charge in [-0.1, -0.05) is 0 Å². The highest BCUT2D eigenvalue weighted by Crippen LogP contribution is 2.17. The molecule has 2 aromatic heterocycles. The highest BCUT2D eigenvalue weighted by molar-refractivity contribution is 7.11. The molecule has 19 heavy (non-hydrogen) atoms. The van der Waals surface area contributed by atoms with Crippen LogP contribution >= 0.6 is 11.3 Å². The molecule has 5 heteroatoms. The van der Waals surface area contributed by atoms with Crippen molar-refractivity contribution in [1.29, 1.82) is 0 Å². The van der Waals surface area contributed by atoms with Gasteiger partial charge >= 0.3 is 5.97 Å². The molecule has 0 fully saturated rings. The number of thiophene rings is 1. The quantitative estimate of drug-likeness (QED) is 0.853. The number of furan rings is 1. The van der Waals surface area contributed by atoms with Gasteiger partial charge in [0.1, 0.15) is 0 Å². The van der Waals surface area contributed by atoms with Crippen molar-refractivity contribution in [3.8, 4) is 0 Å². The highest BCUT2D eigenvalue weighted by atomic mass is 32.1. The van der Waals surface area contributed by atoms with Crippen molar-refractivity contribution in [3.63, 3.8) is 0 Å². The zero-order valence-electron chi connectivity index (χ0n) is 11.0. The van der Waals surface area contributed by atoms with Crippen molar-refractivity contribution in [2.45, 2.75) is 32.9 Å². The zero-order valence-corrected chi connectivity index (χ0v) is 11.8. The molecule has 0 aromatic carbocycles. The predicted molar refractivity (Wildman–Crippen MR) is 74.7 cm³/mol. The van der Waals surface area contributed by atoms with Crippen LogP contribution in [-0.4, -0.2) is 17.1 Å². The Kier molecular flexibility index (Phi) is 4.39. The summed E-state index contributed by atoms with van der Waals surface area (Å²) in [5.41, 5.74) is 0.682. The van der Waals surface area contributed by atoms with Gasteiger partial charge in [-0.3, -0.25) is 0 Å². The number of carboxylic acids is 1. The van der Waals surface area contributed by atoms with E-state index in [0.717, 1.165) is 6.42 Å². The average Bonchev–Trinajstić information content (AvgIpc) is 2.95. The molecule has 0 saturated heterocycles. The largest absolute Gasteiger partial charge is 0.475 e. The van der Waals surface area contributed by atoms with Crippen molar-refractivity contribution in [2.24, 2.45) is 0 Å². The fraction of sp³-hybridized carbons (Fsp3) is 0.357. The third-order valence-corrected chi connectivity index (χ3v) is 3.91. The zero-order chi connectivity index (χ0) is 13.8. The third-order valence-electron chi connectivity index (χ3n) is 2.89. The van der Waals surface area contributed by atoms with Crippen molar-refractivity contribution >= 4 is 17.3 Å². The molecule has 0 aliphatic rings. The van der Waals surface area contributed by atoms with Crippen LogP contribution in [0.5, 0.6) is 0 Å². The highest BCUT2D eigenvalue weighted by Gasteiger charge is 2.14. The molecule has 2 N–H and O–H groups in total. The normalized spacial score (nSPS) is 12.5. The minimum atomic E-state index is -1.02. The van der Waals surface area contributed by atoms with Gasteiger partial charge in [0.05, 0.1) is 6.26 Å². The van der Waals surface area contributed by atoms with E-state index in [2.05, 4.69) is 31.3 Å². The van der Waals surface area contributed by atoms with Crippen LogP contribution in [0, 0.1) is 6.92 Å². The van der Waals surface area contributed by atoms with Crippen LogP contribution in [0.1, 0.15) is 32.8 Å². The molecule has 0 bridgehead atoms. The average molecular weight is 279 g/mol. The summed E-state index contributed by atoms with van der Waals surface area (Å²) in [5.74, 6) is -1.00. The van der Waals surface area contributed by atoms with Crippen LogP contribution in [0.25, 0.3) is 0 Å². The lowest BCUT2D eigenvalue weighted by atomic mass is 10.2. The lowest BCUT2D eigenvalue weighted by Crippen LogP contribution is -2.27. The van der Waals surface area contributed by atoms with E-state index in [1.165, 1.54) is 16.0 Å². The van der Waals surface area contributed by atoms with E-state index in [1.807, 2.05) is 0 Å². The Morgan fingerprint density at radius 3 is 2.89 bits per heavy atom. The maximum absolute atomic E-state index is 10.9. The lowest BCUT2D eigenvalue weighted by molar-refractivity contribution is 0.0660. The van der Waals surface area contributed by atoms with Gasteiger partial charge in [-0.2, -0.15) is 0 Å². The number of hydrogen-bond acceptors (Lipinski definition) is 4. The molecule has 2 rings (SSSR count). The van der Waals surface area contributed by atoms with Gasteiger partial charge in [-0.05, 0) is 38.5 Å². The second kappa shape index (κ2) is 6.04. The molecule has 0 amide bonds. The Hall–Kier alpha value is -1.59. The topological polar surface area (TPSA) is 62.5 Å². The molecule has 4 nitrogen and oxygen atoms in total. The summed E-state index contributed by atoms with van der Waals surface area (Å²) in [5, 5.41) is 12.3. The van der Waals surface area contributed by atoms with Gasteiger partial charge in [-0.15, -0.1) is 11.3 Å². The second-order valence-electron chi connectivity index (χ2n) is 4.58. The van der Waals surface area contributed by atoms with Crippen molar-refractivity contribution in [1.82, 2.24) is 5.32 Å². The van der Waals surface area contributed by atoms with Crippen molar-refractivity contribution < 1.29 is 14.3 Å². The summed E-state index contributed by atoms with van der Waals surface area (Å²) < 4.78 is 4.94. The van der Waals surface area contributed by atoms with Crippen molar-refractivity contribution in [3.05, 3.63) is 45.5 Å². The van der Waals surface area contributed by atoms with Crippen LogP contribution in [-0.2, 0) is 13.0 Å². The molecule has 0 radical (unpaired) electrons. The smallest absolute Gasteiger partial charge is 0.372 e. The van der Waals surface area contributed by atoms with Gasteiger partial charge in [0.25, 0.3) is 0 Å². The van der Waals surface area contributed by atoms with E-state index in [4.69, 9.17) is 9.52 Å². The van der Waals surface area contributed by atoms with E-state index >= 15 is 0 Å². The first kappa shape index (κ1) is 13.8. The van der Waals surface area contributed by atoms with Crippen molar-refractivity contribution in [2.75, 3.05) is 0 Å². The fourth-order valence-corrected chi connectivity index (χ4v) is 2.93. The first-order chi connectivity index (χ1) is 9.06. The second-order valence-corrected chi connectivity index (χ2v) is 5.95. The molecule has 0 saturated carbocycles. The Morgan fingerprint density at radius 1 is 1.47 bits per heavy atom. The molecule has 1 atom stereocenters. The standard InChI is InChI=1S/C14H17NO3S/c1-9(7-12-4-3-10(2)19-12)15-8-11-5-6-18-13(11)14(16)17/h3-6,9,15H,7-8H2,1-2H3,(H,16,17).